The van der Waals surface area contributed by atoms with Crippen molar-refractivity contribution >= 4 is 50.4 Å². The highest BCUT2D eigenvalue weighted by molar-refractivity contribution is 7.21. The molecule has 4 nitrogen and oxygen atoms in total. The summed E-state index contributed by atoms with van der Waals surface area (Å²) in [4.78, 5) is 19.8. The van der Waals surface area contributed by atoms with Gasteiger partial charge in [0.2, 0.25) is 5.91 Å². The van der Waals surface area contributed by atoms with Crippen LogP contribution in [-0.2, 0) is 4.79 Å². The summed E-state index contributed by atoms with van der Waals surface area (Å²) in [5.41, 5.74) is 5.28. The molecule has 1 amide bonds. The van der Waals surface area contributed by atoms with Gasteiger partial charge in [0, 0.05) is 41.0 Å². The Hall–Kier alpha value is -2.89. The van der Waals surface area contributed by atoms with Crippen LogP contribution >= 0.6 is 22.9 Å². The Bertz CT molecular complexity index is 1260. The Kier molecular flexibility index (Phi) is 5.85. The monoisotopic (exact) mass is 461 g/mol. The van der Waals surface area contributed by atoms with Crippen LogP contribution in [0.2, 0.25) is 5.02 Å². The lowest BCUT2D eigenvalue weighted by Crippen LogP contribution is -2.38. The van der Waals surface area contributed by atoms with E-state index in [9.17, 15) is 4.79 Å². The molecular formula is C26H24ClN3OS. The SMILES string of the molecule is Cc1ccc2nc(-c3ccc(NC(=O)C4CCN(c5cccc(Cl)c5)CC4)cc3)sc2c1. The predicted octanol–water partition coefficient (Wildman–Crippen LogP) is 6.78. The summed E-state index contributed by atoms with van der Waals surface area (Å²) < 4.78 is 1.20. The maximum atomic E-state index is 12.8. The molecule has 0 unspecified atom stereocenters. The van der Waals surface area contributed by atoms with E-state index >= 15 is 0 Å². The number of nitrogens with zero attached hydrogens (tertiary/aromatic N) is 2. The van der Waals surface area contributed by atoms with E-state index in [2.05, 4.69) is 41.4 Å². The zero-order valence-electron chi connectivity index (χ0n) is 17.8. The summed E-state index contributed by atoms with van der Waals surface area (Å²) in [6, 6.07) is 22.2. The van der Waals surface area contributed by atoms with Crippen LogP contribution in [0.3, 0.4) is 0 Å². The first-order valence-corrected chi connectivity index (χ1v) is 12.0. The first-order chi connectivity index (χ1) is 15.5. The molecule has 1 aliphatic rings. The molecular weight excluding hydrogens is 438 g/mol. The number of nitrogens with one attached hydrogen (secondary N) is 1. The minimum atomic E-state index is 0.0256. The van der Waals surface area contributed by atoms with Crippen LogP contribution < -0.4 is 10.2 Å². The van der Waals surface area contributed by atoms with Gasteiger partial charge in [-0.25, -0.2) is 4.98 Å². The van der Waals surface area contributed by atoms with Gasteiger partial charge in [-0.2, -0.15) is 0 Å². The van der Waals surface area contributed by atoms with Crippen molar-refractivity contribution < 1.29 is 4.79 Å². The topological polar surface area (TPSA) is 45.2 Å². The van der Waals surface area contributed by atoms with Gasteiger partial charge in [-0.05, 0) is 79.9 Å². The van der Waals surface area contributed by atoms with Crippen molar-refractivity contribution in [2.45, 2.75) is 19.8 Å². The molecule has 0 radical (unpaired) electrons. The van der Waals surface area contributed by atoms with Gasteiger partial charge in [0.15, 0.2) is 0 Å². The van der Waals surface area contributed by atoms with Gasteiger partial charge < -0.3 is 10.2 Å². The fourth-order valence-corrected chi connectivity index (χ4v) is 5.42. The normalized spacial score (nSPS) is 14.6. The van der Waals surface area contributed by atoms with Crippen molar-refractivity contribution in [2.75, 3.05) is 23.3 Å². The number of halogens is 1. The zero-order valence-corrected chi connectivity index (χ0v) is 19.4. The lowest BCUT2D eigenvalue weighted by atomic mass is 9.95. The average Bonchev–Trinajstić information content (AvgIpc) is 3.23. The summed E-state index contributed by atoms with van der Waals surface area (Å²) >= 11 is 7.81. The third kappa shape index (κ3) is 4.50. The molecule has 1 aromatic heterocycles. The number of carbonyl (C=O) groups excluding carboxylic acids is 1. The zero-order chi connectivity index (χ0) is 22.1. The van der Waals surface area contributed by atoms with E-state index < -0.39 is 0 Å². The fourth-order valence-electron chi connectivity index (χ4n) is 4.17. The summed E-state index contributed by atoms with van der Waals surface area (Å²) in [6.45, 7) is 3.81. The number of fused-ring (bicyclic) bond motifs is 1. The summed E-state index contributed by atoms with van der Waals surface area (Å²) in [5.74, 6) is 0.122. The molecule has 5 rings (SSSR count). The Morgan fingerprint density at radius 3 is 2.59 bits per heavy atom. The van der Waals surface area contributed by atoms with Crippen molar-refractivity contribution in [3.8, 4) is 10.6 Å². The lowest BCUT2D eigenvalue weighted by molar-refractivity contribution is -0.120. The largest absolute Gasteiger partial charge is 0.371 e. The smallest absolute Gasteiger partial charge is 0.227 e. The molecule has 32 heavy (non-hydrogen) atoms. The molecule has 4 aromatic rings. The summed E-state index contributed by atoms with van der Waals surface area (Å²) in [7, 11) is 0. The Labute approximate surface area is 196 Å². The number of anilines is 2. The average molecular weight is 462 g/mol. The van der Waals surface area contributed by atoms with Gasteiger partial charge in [-0.3, -0.25) is 4.79 Å². The van der Waals surface area contributed by atoms with Crippen LogP contribution in [0, 0.1) is 12.8 Å². The van der Waals surface area contributed by atoms with Gasteiger partial charge in [0.25, 0.3) is 0 Å². The van der Waals surface area contributed by atoms with Crippen molar-refractivity contribution in [3.05, 3.63) is 77.3 Å². The highest BCUT2D eigenvalue weighted by Gasteiger charge is 2.25. The Balaban J connectivity index is 1.20. The van der Waals surface area contributed by atoms with E-state index in [-0.39, 0.29) is 11.8 Å². The number of amides is 1. The lowest BCUT2D eigenvalue weighted by Gasteiger charge is -2.33. The molecule has 0 aliphatic carbocycles. The molecule has 1 N–H and O–H groups in total. The van der Waals surface area contributed by atoms with Gasteiger partial charge >= 0.3 is 0 Å². The third-order valence-electron chi connectivity index (χ3n) is 5.98. The van der Waals surface area contributed by atoms with Crippen molar-refractivity contribution in [2.24, 2.45) is 5.92 Å². The van der Waals surface area contributed by atoms with E-state index in [0.717, 1.165) is 58.4 Å². The molecule has 6 heteroatoms. The fraction of sp³-hybridized carbons (Fsp3) is 0.231. The Morgan fingerprint density at radius 1 is 1.06 bits per heavy atom. The number of thiazole rings is 1. The van der Waals surface area contributed by atoms with Gasteiger partial charge in [0.05, 0.1) is 10.2 Å². The number of piperidine rings is 1. The molecule has 0 atom stereocenters. The van der Waals surface area contributed by atoms with Crippen LogP contribution in [0.15, 0.2) is 66.7 Å². The second kappa shape index (κ2) is 8.93. The van der Waals surface area contributed by atoms with Gasteiger partial charge in [-0.15, -0.1) is 11.3 Å². The van der Waals surface area contributed by atoms with Crippen molar-refractivity contribution in [1.82, 2.24) is 4.98 Å². The molecule has 0 bridgehead atoms. The van der Waals surface area contributed by atoms with E-state index in [1.165, 1.54) is 10.3 Å². The van der Waals surface area contributed by atoms with Gasteiger partial charge in [-0.1, -0.05) is 23.7 Å². The summed E-state index contributed by atoms with van der Waals surface area (Å²) in [6.07, 6.45) is 1.67. The van der Waals surface area contributed by atoms with Crippen LogP contribution in [0.25, 0.3) is 20.8 Å². The van der Waals surface area contributed by atoms with Crippen molar-refractivity contribution in [1.29, 1.82) is 0 Å². The second-order valence-electron chi connectivity index (χ2n) is 8.30. The van der Waals surface area contributed by atoms with Crippen molar-refractivity contribution in [3.63, 3.8) is 0 Å². The van der Waals surface area contributed by atoms with E-state index in [1.54, 1.807) is 11.3 Å². The third-order valence-corrected chi connectivity index (χ3v) is 7.28. The molecule has 1 fully saturated rings. The number of rotatable bonds is 4. The van der Waals surface area contributed by atoms with Crippen LogP contribution in [-0.4, -0.2) is 24.0 Å². The molecule has 1 saturated heterocycles. The molecule has 0 saturated carbocycles. The van der Waals surface area contributed by atoms with E-state index in [4.69, 9.17) is 16.6 Å². The van der Waals surface area contributed by atoms with E-state index in [1.807, 2.05) is 42.5 Å². The number of aryl methyl sites for hydroxylation is 1. The minimum absolute atomic E-state index is 0.0256. The molecule has 3 aromatic carbocycles. The Morgan fingerprint density at radius 2 is 1.84 bits per heavy atom. The molecule has 0 spiro atoms. The van der Waals surface area contributed by atoms with Crippen LogP contribution in [0.1, 0.15) is 18.4 Å². The van der Waals surface area contributed by atoms with Gasteiger partial charge in [0.1, 0.15) is 5.01 Å². The number of carbonyl (C=O) groups is 1. The number of benzene rings is 3. The second-order valence-corrected chi connectivity index (χ2v) is 9.77. The quantitative estimate of drug-likeness (QED) is 0.364. The molecule has 2 heterocycles. The maximum absolute atomic E-state index is 12.8. The standard InChI is InChI=1S/C26H24ClN3OS/c1-17-5-10-23-24(15-17)32-26(29-23)19-6-8-21(9-7-19)28-25(31)18-11-13-30(14-12-18)22-4-2-3-20(27)16-22/h2-10,15-16,18H,11-14H2,1H3,(H,28,31). The number of hydrogen-bond donors (Lipinski definition) is 1. The minimum Gasteiger partial charge on any atom is -0.371 e. The first-order valence-electron chi connectivity index (χ1n) is 10.8. The molecule has 162 valence electrons. The number of hydrogen-bond acceptors (Lipinski definition) is 4. The van der Waals surface area contributed by atoms with Crippen LogP contribution in [0.5, 0.6) is 0 Å². The predicted molar refractivity (Wildman–Crippen MR) is 135 cm³/mol. The first kappa shape index (κ1) is 21.0. The highest BCUT2D eigenvalue weighted by Crippen LogP contribution is 2.32. The highest BCUT2D eigenvalue weighted by atomic mass is 35.5. The van der Waals surface area contributed by atoms with E-state index in [0.29, 0.717) is 0 Å². The van der Waals surface area contributed by atoms with Crippen LogP contribution in [0.4, 0.5) is 11.4 Å². The molecule has 1 aliphatic heterocycles. The maximum Gasteiger partial charge on any atom is 0.227 e. The summed E-state index contributed by atoms with van der Waals surface area (Å²) in [5, 5.41) is 4.83. The number of aromatic nitrogens is 1.